The first-order valence-electron chi connectivity index (χ1n) is 10.4. The number of fused-ring (bicyclic) bond motifs is 2. The van der Waals surface area contributed by atoms with Crippen LogP contribution in [0.4, 0.5) is 0 Å². The van der Waals surface area contributed by atoms with Crippen molar-refractivity contribution in [1.82, 2.24) is 24.4 Å². The topological polar surface area (TPSA) is 66.8 Å². The Hall–Kier alpha value is -3.25. The monoisotopic (exact) mass is 399 g/mol. The lowest BCUT2D eigenvalue weighted by molar-refractivity contribution is 0.241. The average molecular weight is 399 g/mol. The zero-order valence-corrected chi connectivity index (χ0v) is 17.3. The number of aromatic nitrogens is 4. The van der Waals surface area contributed by atoms with Gasteiger partial charge in [-0.2, -0.15) is 0 Å². The first-order chi connectivity index (χ1) is 14.6. The minimum Gasteiger partial charge on any atom is -0.345 e. The summed E-state index contributed by atoms with van der Waals surface area (Å²) in [5.41, 5.74) is 5.14. The Morgan fingerprint density at radius 1 is 1.13 bits per heavy atom. The molecule has 1 aliphatic heterocycles. The van der Waals surface area contributed by atoms with Crippen LogP contribution in [-0.4, -0.2) is 31.0 Å². The van der Waals surface area contributed by atoms with Crippen LogP contribution in [0.25, 0.3) is 22.3 Å². The van der Waals surface area contributed by atoms with E-state index in [-0.39, 0.29) is 5.56 Å². The molecule has 4 heterocycles. The molecule has 0 amide bonds. The first kappa shape index (κ1) is 18.8. The third-order valence-corrected chi connectivity index (χ3v) is 5.88. The van der Waals surface area contributed by atoms with Crippen molar-refractivity contribution in [3.63, 3.8) is 0 Å². The van der Waals surface area contributed by atoms with Crippen molar-refractivity contribution < 1.29 is 0 Å². The zero-order valence-electron chi connectivity index (χ0n) is 17.3. The highest BCUT2D eigenvalue weighted by molar-refractivity contribution is 5.84. The number of H-pyrrole nitrogens is 1. The van der Waals surface area contributed by atoms with Gasteiger partial charge in [0, 0.05) is 66.3 Å². The summed E-state index contributed by atoms with van der Waals surface area (Å²) in [6, 6.07) is 12.7. The van der Waals surface area contributed by atoms with Gasteiger partial charge in [0.25, 0.3) is 5.56 Å². The molecule has 0 radical (unpaired) electrons. The van der Waals surface area contributed by atoms with Gasteiger partial charge in [-0.05, 0) is 44.0 Å². The third kappa shape index (κ3) is 3.33. The van der Waals surface area contributed by atoms with Crippen molar-refractivity contribution in [1.29, 1.82) is 0 Å². The van der Waals surface area contributed by atoms with Crippen molar-refractivity contribution >= 4 is 10.9 Å². The van der Waals surface area contributed by atoms with Gasteiger partial charge in [0.15, 0.2) is 0 Å². The molecule has 3 aromatic heterocycles. The maximum absolute atomic E-state index is 12.6. The molecule has 152 valence electrons. The third-order valence-electron chi connectivity index (χ3n) is 5.88. The van der Waals surface area contributed by atoms with Crippen LogP contribution in [-0.2, 0) is 19.5 Å². The number of pyridine rings is 1. The van der Waals surface area contributed by atoms with Crippen molar-refractivity contribution in [3.05, 3.63) is 82.2 Å². The quantitative estimate of drug-likeness (QED) is 0.565. The Bertz CT molecular complexity index is 1260. The van der Waals surface area contributed by atoms with Crippen molar-refractivity contribution in [2.45, 2.75) is 39.4 Å². The van der Waals surface area contributed by atoms with Crippen LogP contribution in [0.5, 0.6) is 0 Å². The van der Waals surface area contributed by atoms with Crippen LogP contribution in [0, 0.1) is 0 Å². The van der Waals surface area contributed by atoms with Crippen LogP contribution >= 0.6 is 0 Å². The lowest BCUT2D eigenvalue weighted by atomic mass is 10.0. The lowest BCUT2D eigenvalue weighted by Crippen LogP contribution is -2.35. The van der Waals surface area contributed by atoms with E-state index in [0.717, 1.165) is 36.3 Å². The van der Waals surface area contributed by atoms with Crippen LogP contribution < -0.4 is 5.56 Å². The Balaban J connectivity index is 1.46. The van der Waals surface area contributed by atoms with E-state index in [2.05, 4.69) is 63.7 Å². The van der Waals surface area contributed by atoms with Gasteiger partial charge in [-0.15, -0.1) is 0 Å². The second kappa shape index (κ2) is 7.54. The Labute approximate surface area is 175 Å². The van der Waals surface area contributed by atoms with E-state index >= 15 is 0 Å². The summed E-state index contributed by atoms with van der Waals surface area (Å²) in [7, 11) is 0. The van der Waals surface area contributed by atoms with Crippen LogP contribution in [0.3, 0.4) is 0 Å². The largest absolute Gasteiger partial charge is 0.345 e. The fourth-order valence-corrected chi connectivity index (χ4v) is 4.35. The molecule has 6 nitrogen and oxygen atoms in total. The molecule has 0 saturated carbocycles. The Morgan fingerprint density at radius 3 is 2.73 bits per heavy atom. The molecule has 0 fully saturated rings. The summed E-state index contributed by atoms with van der Waals surface area (Å²) in [6.07, 6.45) is 6.42. The lowest BCUT2D eigenvalue weighted by Gasteiger charge is -2.27. The molecule has 6 heteroatoms. The smallest absolute Gasteiger partial charge is 0.254 e. The zero-order chi connectivity index (χ0) is 20.7. The summed E-state index contributed by atoms with van der Waals surface area (Å²) in [4.78, 5) is 26.8. The van der Waals surface area contributed by atoms with Gasteiger partial charge in [-0.25, -0.2) is 4.98 Å². The van der Waals surface area contributed by atoms with E-state index in [1.807, 2.05) is 12.1 Å². The van der Waals surface area contributed by atoms with Gasteiger partial charge in [0.05, 0.1) is 5.69 Å². The Kier molecular flexibility index (Phi) is 4.71. The van der Waals surface area contributed by atoms with E-state index in [1.54, 1.807) is 12.4 Å². The number of hydrogen-bond donors (Lipinski definition) is 1. The van der Waals surface area contributed by atoms with Crippen molar-refractivity contribution in [3.8, 4) is 11.4 Å². The van der Waals surface area contributed by atoms with Gasteiger partial charge in [0.1, 0.15) is 5.82 Å². The maximum Gasteiger partial charge on any atom is 0.254 e. The summed E-state index contributed by atoms with van der Waals surface area (Å²) in [6.45, 7) is 6.80. The molecule has 1 aromatic carbocycles. The highest BCUT2D eigenvalue weighted by Gasteiger charge is 2.23. The Morgan fingerprint density at radius 2 is 1.93 bits per heavy atom. The molecule has 0 spiro atoms. The van der Waals surface area contributed by atoms with Gasteiger partial charge in [-0.3, -0.25) is 14.7 Å². The van der Waals surface area contributed by atoms with Crippen molar-refractivity contribution in [2.24, 2.45) is 0 Å². The highest BCUT2D eigenvalue weighted by atomic mass is 16.1. The second-order valence-corrected chi connectivity index (χ2v) is 8.21. The molecule has 0 saturated heterocycles. The van der Waals surface area contributed by atoms with Gasteiger partial charge in [0.2, 0.25) is 0 Å². The van der Waals surface area contributed by atoms with E-state index < -0.39 is 0 Å². The minimum atomic E-state index is -0.0251. The number of nitrogens with one attached hydrogen (secondary N) is 1. The second-order valence-electron chi connectivity index (χ2n) is 8.21. The fourth-order valence-electron chi connectivity index (χ4n) is 4.35. The molecule has 1 N–H and O–H groups in total. The predicted molar refractivity (Wildman–Crippen MR) is 118 cm³/mol. The molecule has 5 rings (SSSR count). The van der Waals surface area contributed by atoms with E-state index in [1.165, 1.54) is 16.5 Å². The highest BCUT2D eigenvalue weighted by Crippen LogP contribution is 2.27. The van der Waals surface area contributed by atoms with Crippen LogP contribution in [0.15, 0.2) is 59.8 Å². The van der Waals surface area contributed by atoms with Crippen LogP contribution in [0.1, 0.15) is 36.7 Å². The normalized spacial score (nSPS) is 14.4. The molecular weight excluding hydrogens is 374 g/mol. The predicted octanol–water partition coefficient (Wildman–Crippen LogP) is 3.93. The number of aromatic amines is 1. The first-order valence-corrected chi connectivity index (χ1v) is 10.4. The maximum atomic E-state index is 12.6. The van der Waals surface area contributed by atoms with E-state index in [4.69, 9.17) is 4.98 Å². The standard InChI is InChI=1S/C24H25N5O/c1-16(2)29-14-18(19-5-3-4-6-22(19)29)13-28-12-9-20-21(15-28)26-23(27-24(20)30)17-7-10-25-11-8-17/h3-8,10-11,14,16H,9,12-13,15H2,1-2H3,(H,26,27,30). The van der Waals surface area contributed by atoms with E-state index in [9.17, 15) is 4.79 Å². The fraction of sp³-hybridized carbons (Fsp3) is 0.292. The summed E-state index contributed by atoms with van der Waals surface area (Å²) in [5.74, 6) is 0.611. The minimum absolute atomic E-state index is 0.0251. The molecule has 0 atom stereocenters. The average Bonchev–Trinajstić information content (AvgIpc) is 3.13. The van der Waals surface area contributed by atoms with Gasteiger partial charge < -0.3 is 9.55 Å². The number of hydrogen-bond acceptors (Lipinski definition) is 4. The molecule has 4 aromatic rings. The molecule has 0 bridgehead atoms. The molecule has 0 unspecified atom stereocenters. The number of rotatable bonds is 4. The molecule has 30 heavy (non-hydrogen) atoms. The van der Waals surface area contributed by atoms with Crippen molar-refractivity contribution in [2.75, 3.05) is 6.54 Å². The van der Waals surface area contributed by atoms with Gasteiger partial charge in [-0.1, -0.05) is 18.2 Å². The number of nitrogens with zero attached hydrogens (tertiary/aromatic N) is 4. The molecule has 1 aliphatic rings. The molecular formula is C24H25N5O. The SMILES string of the molecule is CC(C)n1cc(CN2CCc3c(nc(-c4ccncc4)[nH]c3=O)C2)c2ccccc21. The van der Waals surface area contributed by atoms with E-state index in [0.29, 0.717) is 18.4 Å². The number of para-hydroxylation sites is 1. The summed E-state index contributed by atoms with van der Waals surface area (Å²) < 4.78 is 2.34. The summed E-state index contributed by atoms with van der Waals surface area (Å²) in [5, 5.41) is 1.30. The molecule has 0 aliphatic carbocycles. The van der Waals surface area contributed by atoms with Crippen LogP contribution in [0.2, 0.25) is 0 Å². The number of benzene rings is 1. The summed E-state index contributed by atoms with van der Waals surface area (Å²) >= 11 is 0. The van der Waals surface area contributed by atoms with Gasteiger partial charge >= 0.3 is 0 Å².